The largest absolute Gasteiger partial charge is 0.351 e. The summed E-state index contributed by atoms with van der Waals surface area (Å²) in [7, 11) is 0. The van der Waals surface area contributed by atoms with Crippen LogP contribution in [0.4, 0.5) is 10.5 Å². The second-order valence-corrected chi connectivity index (χ2v) is 5.36. The van der Waals surface area contributed by atoms with Crippen molar-refractivity contribution >= 4 is 17.6 Å². The molecule has 1 saturated heterocycles. The fourth-order valence-corrected chi connectivity index (χ4v) is 2.92. The highest BCUT2D eigenvalue weighted by Crippen LogP contribution is 2.58. The number of hydrogen-bond donors (Lipinski definition) is 2. The van der Waals surface area contributed by atoms with Crippen LogP contribution in [0, 0.1) is 11.3 Å². The number of nitrogens with two attached hydrogens (primary N) is 1. The first-order valence-electron chi connectivity index (χ1n) is 6.36. The Morgan fingerprint density at radius 1 is 1.53 bits per heavy atom. The normalized spacial score (nSPS) is 28.4. The highest BCUT2D eigenvalue weighted by Gasteiger charge is 2.61. The van der Waals surface area contributed by atoms with Gasteiger partial charge in [-0.15, -0.1) is 0 Å². The van der Waals surface area contributed by atoms with Crippen LogP contribution in [0.5, 0.6) is 0 Å². The summed E-state index contributed by atoms with van der Waals surface area (Å²) in [6, 6.07) is 3.20. The summed E-state index contributed by atoms with van der Waals surface area (Å²) in [5.41, 5.74) is 5.94. The zero-order valence-corrected chi connectivity index (χ0v) is 10.5. The molecular weight excluding hydrogens is 244 g/mol. The first-order valence-corrected chi connectivity index (χ1v) is 6.36. The van der Waals surface area contributed by atoms with Crippen molar-refractivity contribution in [3.63, 3.8) is 0 Å². The van der Waals surface area contributed by atoms with Crippen molar-refractivity contribution in [2.24, 2.45) is 17.1 Å². The third-order valence-electron chi connectivity index (χ3n) is 4.13. The van der Waals surface area contributed by atoms with Crippen molar-refractivity contribution in [1.82, 2.24) is 9.88 Å². The van der Waals surface area contributed by atoms with Gasteiger partial charge in [-0.1, -0.05) is 0 Å². The molecule has 2 atom stereocenters. The monoisotopic (exact) mass is 260 g/mol. The summed E-state index contributed by atoms with van der Waals surface area (Å²) in [5, 5.41) is 2.86. The average molecular weight is 260 g/mol. The molecule has 0 unspecified atom stereocenters. The minimum Gasteiger partial charge on any atom is -0.351 e. The van der Waals surface area contributed by atoms with Gasteiger partial charge in [-0.05, 0) is 25.0 Å². The van der Waals surface area contributed by atoms with E-state index in [-0.39, 0.29) is 17.2 Å². The number of urea groups is 1. The molecule has 19 heavy (non-hydrogen) atoms. The third-order valence-corrected chi connectivity index (χ3v) is 4.13. The molecule has 100 valence electrons. The minimum absolute atomic E-state index is 0.0133. The summed E-state index contributed by atoms with van der Waals surface area (Å²) in [4.78, 5) is 28.8. The second kappa shape index (κ2) is 4.22. The predicted molar refractivity (Wildman–Crippen MR) is 69.2 cm³/mol. The number of anilines is 1. The van der Waals surface area contributed by atoms with Crippen LogP contribution in [0.1, 0.15) is 12.8 Å². The maximum Gasteiger partial charge on any atom is 0.314 e. The van der Waals surface area contributed by atoms with E-state index in [1.54, 1.807) is 23.4 Å². The Kier molecular flexibility index (Phi) is 2.66. The molecule has 3 amide bonds. The Balaban J connectivity index is 1.61. The molecule has 3 rings (SSSR count). The van der Waals surface area contributed by atoms with E-state index in [1.807, 2.05) is 6.07 Å². The van der Waals surface area contributed by atoms with Gasteiger partial charge in [0.1, 0.15) is 0 Å². The van der Waals surface area contributed by atoms with E-state index in [9.17, 15) is 9.59 Å². The number of likely N-dealkylation sites (tertiary alicyclic amines) is 1. The molecule has 0 radical (unpaired) electrons. The molecule has 1 aliphatic heterocycles. The quantitative estimate of drug-likeness (QED) is 0.824. The van der Waals surface area contributed by atoms with E-state index in [0.717, 1.165) is 12.8 Å². The van der Waals surface area contributed by atoms with Crippen LogP contribution in [0.15, 0.2) is 24.5 Å². The van der Waals surface area contributed by atoms with Crippen LogP contribution >= 0.6 is 0 Å². The topological polar surface area (TPSA) is 88.3 Å². The first kappa shape index (κ1) is 12.0. The number of aromatic nitrogens is 1. The van der Waals surface area contributed by atoms with Gasteiger partial charge in [-0.25, -0.2) is 4.79 Å². The van der Waals surface area contributed by atoms with Crippen molar-refractivity contribution in [2.75, 3.05) is 18.4 Å². The highest BCUT2D eigenvalue weighted by atomic mass is 16.2. The molecule has 1 aromatic rings. The molecule has 6 heteroatoms. The number of amides is 3. The van der Waals surface area contributed by atoms with Crippen molar-refractivity contribution in [1.29, 1.82) is 0 Å². The lowest BCUT2D eigenvalue weighted by Crippen LogP contribution is -2.34. The minimum atomic E-state index is -0.393. The number of carbonyl (C=O) groups excluding carboxylic acids is 2. The van der Waals surface area contributed by atoms with Gasteiger partial charge in [-0.2, -0.15) is 0 Å². The van der Waals surface area contributed by atoms with Crippen LogP contribution in [0.25, 0.3) is 0 Å². The van der Waals surface area contributed by atoms with E-state index in [4.69, 9.17) is 5.73 Å². The van der Waals surface area contributed by atoms with Gasteiger partial charge in [0, 0.05) is 30.6 Å². The smallest absolute Gasteiger partial charge is 0.314 e. The predicted octanol–water partition coefficient (Wildman–Crippen LogP) is 0.811. The number of hydrogen-bond acceptors (Lipinski definition) is 3. The van der Waals surface area contributed by atoms with Crippen LogP contribution in [-0.2, 0) is 4.79 Å². The molecule has 6 nitrogen and oxygen atoms in total. The fourth-order valence-electron chi connectivity index (χ4n) is 2.92. The van der Waals surface area contributed by atoms with Crippen LogP contribution < -0.4 is 11.1 Å². The lowest BCUT2D eigenvalue weighted by atomic mass is 10.0. The molecule has 1 spiro atoms. The van der Waals surface area contributed by atoms with E-state index < -0.39 is 6.03 Å². The van der Waals surface area contributed by atoms with Crippen LogP contribution in [-0.4, -0.2) is 34.9 Å². The summed E-state index contributed by atoms with van der Waals surface area (Å²) in [6.07, 6.45) is 4.98. The van der Waals surface area contributed by atoms with E-state index in [1.165, 1.54) is 0 Å². The SMILES string of the molecule is NC(=O)N1CC[C@]2(C[C@H]2C(=O)Nc2cccnc2)C1. The Bertz CT molecular complexity index is 519. The van der Waals surface area contributed by atoms with Crippen molar-refractivity contribution in [3.05, 3.63) is 24.5 Å². The van der Waals surface area contributed by atoms with E-state index >= 15 is 0 Å². The van der Waals surface area contributed by atoms with Gasteiger partial charge in [-0.3, -0.25) is 9.78 Å². The molecular formula is C13H16N4O2. The zero-order valence-electron chi connectivity index (χ0n) is 10.5. The fraction of sp³-hybridized carbons (Fsp3) is 0.462. The Morgan fingerprint density at radius 3 is 3.00 bits per heavy atom. The summed E-state index contributed by atoms with van der Waals surface area (Å²) in [6.45, 7) is 1.26. The summed E-state index contributed by atoms with van der Waals surface area (Å²) in [5.74, 6) is -0.00336. The lowest BCUT2D eigenvalue weighted by Gasteiger charge is -2.13. The highest BCUT2D eigenvalue weighted by molar-refractivity contribution is 5.95. The van der Waals surface area contributed by atoms with Gasteiger partial charge in [0.2, 0.25) is 5.91 Å². The molecule has 2 fully saturated rings. The number of pyridine rings is 1. The van der Waals surface area contributed by atoms with Gasteiger partial charge >= 0.3 is 6.03 Å². The Morgan fingerprint density at radius 2 is 2.37 bits per heavy atom. The molecule has 2 aliphatic rings. The van der Waals surface area contributed by atoms with E-state index in [2.05, 4.69) is 10.3 Å². The number of nitrogens with zero attached hydrogens (tertiary/aromatic N) is 2. The second-order valence-electron chi connectivity index (χ2n) is 5.36. The number of carbonyl (C=O) groups is 2. The molecule has 1 saturated carbocycles. The van der Waals surface area contributed by atoms with Gasteiger partial charge in [0.25, 0.3) is 0 Å². The summed E-state index contributed by atoms with van der Waals surface area (Å²) >= 11 is 0. The first-order chi connectivity index (χ1) is 9.11. The van der Waals surface area contributed by atoms with Gasteiger partial charge in [0.15, 0.2) is 0 Å². The Hall–Kier alpha value is -2.11. The van der Waals surface area contributed by atoms with Crippen LogP contribution in [0.2, 0.25) is 0 Å². The summed E-state index contributed by atoms with van der Waals surface area (Å²) < 4.78 is 0. The zero-order chi connectivity index (χ0) is 13.5. The van der Waals surface area contributed by atoms with E-state index in [0.29, 0.717) is 18.8 Å². The van der Waals surface area contributed by atoms with Gasteiger partial charge < -0.3 is 16.0 Å². The third kappa shape index (κ3) is 2.14. The molecule has 0 bridgehead atoms. The standard InChI is InChI=1S/C13H16N4O2/c14-12(19)17-5-3-13(8-17)6-10(13)11(18)16-9-2-1-4-15-7-9/h1-2,4,7,10H,3,5-6,8H2,(H2,14,19)(H,16,18)/t10-,13-/m0/s1. The maximum atomic E-state index is 12.1. The lowest BCUT2D eigenvalue weighted by molar-refractivity contribution is -0.118. The molecule has 1 aliphatic carbocycles. The number of primary amides is 1. The van der Waals surface area contributed by atoms with Crippen LogP contribution in [0.3, 0.4) is 0 Å². The van der Waals surface area contributed by atoms with Crippen molar-refractivity contribution < 1.29 is 9.59 Å². The number of rotatable bonds is 2. The van der Waals surface area contributed by atoms with Gasteiger partial charge in [0.05, 0.1) is 11.9 Å². The average Bonchev–Trinajstić information content (AvgIpc) is 2.91. The maximum absolute atomic E-state index is 12.1. The number of nitrogens with one attached hydrogen (secondary N) is 1. The Labute approximate surface area is 111 Å². The molecule has 1 aromatic heterocycles. The molecule has 3 N–H and O–H groups in total. The van der Waals surface area contributed by atoms with Crippen molar-refractivity contribution in [2.45, 2.75) is 12.8 Å². The van der Waals surface area contributed by atoms with Crippen molar-refractivity contribution in [3.8, 4) is 0 Å². The molecule has 2 heterocycles. The molecule has 0 aromatic carbocycles.